The monoisotopic (exact) mass is 385 g/mol. The van der Waals surface area contributed by atoms with Crippen LogP contribution in [0.1, 0.15) is 21.5 Å². The summed E-state index contributed by atoms with van der Waals surface area (Å²) >= 11 is 18.4. The van der Waals surface area contributed by atoms with Crippen LogP contribution in [0.2, 0.25) is 15.1 Å². The Labute approximate surface area is 159 Å². The van der Waals surface area contributed by atoms with Crippen LogP contribution in [0.4, 0.5) is 5.69 Å². The Morgan fingerprint density at radius 2 is 1.52 bits per heavy atom. The number of rotatable bonds is 2. The second-order valence-electron chi connectivity index (χ2n) is 5.65. The highest BCUT2D eigenvalue weighted by molar-refractivity contribution is 6.36. The van der Waals surface area contributed by atoms with Gasteiger partial charge in [0, 0.05) is 27.9 Å². The minimum Gasteiger partial charge on any atom is -0.289 e. The average Bonchev–Trinajstić information content (AvgIpc) is 2.87. The predicted octanol–water partition coefficient (Wildman–Crippen LogP) is 6.61. The van der Waals surface area contributed by atoms with Crippen molar-refractivity contribution in [2.75, 3.05) is 0 Å². The predicted molar refractivity (Wildman–Crippen MR) is 104 cm³/mol. The molecule has 0 bridgehead atoms. The summed E-state index contributed by atoms with van der Waals surface area (Å²) in [6.07, 6.45) is 1.61. The van der Waals surface area contributed by atoms with E-state index in [0.717, 1.165) is 16.7 Å². The Balaban J connectivity index is 1.76. The van der Waals surface area contributed by atoms with Crippen LogP contribution < -0.4 is 0 Å². The van der Waals surface area contributed by atoms with E-state index in [9.17, 15) is 4.79 Å². The van der Waals surface area contributed by atoms with E-state index < -0.39 is 0 Å². The SMILES string of the molecule is O=C1c2ccccc2-c2cc(Cl)c(N=Cc3ccc(Cl)cc3Cl)cc21. The molecular formula is C20H10Cl3NO. The van der Waals surface area contributed by atoms with E-state index in [0.29, 0.717) is 31.9 Å². The first-order chi connectivity index (χ1) is 12.0. The number of hydrogen-bond acceptors (Lipinski definition) is 2. The Kier molecular flexibility index (Phi) is 4.12. The summed E-state index contributed by atoms with van der Waals surface area (Å²) in [5, 5.41) is 1.53. The van der Waals surface area contributed by atoms with Crippen molar-refractivity contribution in [1.29, 1.82) is 0 Å². The topological polar surface area (TPSA) is 29.4 Å². The van der Waals surface area contributed by atoms with Crippen LogP contribution in [0.25, 0.3) is 11.1 Å². The van der Waals surface area contributed by atoms with Gasteiger partial charge in [-0.1, -0.05) is 65.1 Å². The van der Waals surface area contributed by atoms with Gasteiger partial charge in [-0.15, -0.1) is 0 Å². The van der Waals surface area contributed by atoms with Crippen LogP contribution in [0.5, 0.6) is 0 Å². The van der Waals surface area contributed by atoms with Gasteiger partial charge in [0.05, 0.1) is 15.7 Å². The molecule has 0 fully saturated rings. The van der Waals surface area contributed by atoms with E-state index in [4.69, 9.17) is 34.8 Å². The molecule has 1 aliphatic rings. The highest BCUT2D eigenvalue weighted by Gasteiger charge is 2.27. The number of benzene rings is 3. The minimum absolute atomic E-state index is 0.0109. The van der Waals surface area contributed by atoms with Gasteiger partial charge in [-0.05, 0) is 35.4 Å². The van der Waals surface area contributed by atoms with Crippen LogP contribution >= 0.6 is 34.8 Å². The summed E-state index contributed by atoms with van der Waals surface area (Å²) in [6, 6.07) is 16.2. The summed E-state index contributed by atoms with van der Waals surface area (Å²) in [6.45, 7) is 0. The molecule has 3 aromatic carbocycles. The molecule has 0 amide bonds. The number of hydrogen-bond donors (Lipinski definition) is 0. The molecule has 122 valence electrons. The van der Waals surface area contributed by atoms with Crippen molar-refractivity contribution in [3.8, 4) is 11.1 Å². The summed E-state index contributed by atoms with van der Waals surface area (Å²) in [5.74, 6) is -0.0109. The van der Waals surface area contributed by atoms with Gasteiger partial charge in [-0.2, -0.15) is 0 Å². The smallest absolute Gasteiger partial charge is 0.194 e. The molecule has 0 unspecified atom stereocenters. The molecule has 0 spiro atoms. The number of ketones is 1. The lowest BCUT2D eigenvalue weighted by Crippen LogP contribution is -1.94. The zero-order valence-corrected chi connectivity index (χ0v) is 15.0. The highest BCUT2D eigenvalue weighted by Crippen LogP contribution is 2.41. The van der Waals surface area contributed by atoms with Crippen molar-refractivity contribution >= 4 is 52.5 Å². The molecule has 0 radical (unpaired) electrons. The van der Waals surface area contributed by atoms with Crippen molar-refractivity contribution in [2.24, 2.45) is 4.99 Å². The Morgan fingerprint density at radius 3 is 2.28 bits per heavy atom. The number of nitrogens with zero attached hydrogens (tertiary/aromatic N) is 1. The maximum atomic E-state index is 12.6. The number of aliphatic imine (C=N–C) groups is 1. The first kappa shape index (κ1) is 16.3. The molecule has 4 rings (SSSR count). The molecule has 5 heteroatoms. The largest absolute Gasteiger partial charge is 0.289 e. The van der Waals surface area contributed by atoms with Gasteiger partial charge < -0.3 is 0 Å². The Hall–Kier alpha value is -2.13. The number of carbonyl (C=O) groups is 1. The normalized spacial score (nSPS) is 12.5. The van der Waals surface area contributed by atoms with E-state index in [1.165, 1.54) is 0 Å². The second kappa shape index (κ2) is 6.30. The third-order valence-corrected chi connectivity index (χ3v) is 4.96. The number of halogens is 3. The van der Waals surface area contributed by atoms with Gasteiger partial charge in [0.15, 0.2) is 5.78 Å². The summed E-state index contributed by atoms with van der Waals surface area (Å²) in [7, 11) is 0. The molecule has 0 atom stereocenters. The van der Waals surface area contributed by atoms with Crippen LogP contribution in [-0.2, 0) is 0 Å². The first-order valence-corrected chi connectivity index (χ1v) is 8.65. The van der Waals surface area contributed by atoms with Crippen LogP contribution in [0.15, 0.2) is 59.6 Å². The molecular weight excluding hydrogens is 377 g/mol. The fourth-order valence-electron chi connectivity index (χ4n) is 2.88. The average molecular weight is 387 g/mol. The molecule has 0 aromatic heterocycles. The van der Waals surface area contributed by atoms with E-state index in [1.807, 2.05) is 24.3 Å². The molecule has 0 heterocycles. The maximum Gasteiger partial charge on any atom is 0.194 e. The third kappa shape index (κ3) is 2.87. The van der Waals surface area contributed by atoms with Gasteiger partial charge in [0.25, 0.3) is 0 Å². The molecule has 2 nitrogen and oxygen atoms in total. The van der Waals surface area contributed by atoms with Gasteiger partial charge in [0.2, 0.25) is 0 Å². The van der Waals surface area contributed by atoms with Crippen molar-refractivity contribution in [3.05, 3.63) is 86.4 Å². The van der Waals surface area contributed by atoms with Gasteiger partial charge in [0.1, 0.15) is 0 Å². The molecule has 0 saturated carbocycles. The number of carbonyl (C=O) groups excluding carboxylic acids is 1. The number of fused-ring (bicyclic) bond motifs is 3. The zero-order valence-electron chi connectivity index (χ0n) is 12.8. The van der Waals surface area contributed by atoms with Crippen molar-refractivity contribution < 1.29 is 4.79 Å². The standard InChI is InChI=1S/C20H10Cl3NO/c21-12-6-5-11(17(22)7-12)10-24-19-9-16-15(8-18(19)23)13-3-1-2-4-14(13)20(16)25/h1-10H. The van der Waals surface area contributed by atoms with E-state index in [1.54, 1.807) is 36.5 Å². The lowest BCUT2D eigenvalue weighted by atomic mass is 10.1. The van der Waals surface area contributed by atoms with Crippen molar-refractivity contribution in [1.82, 2.24) is 0 Å². The first-order valence-electron chi connectivity index (χ1n) is 7.51. The van der Waals surface area contributed by atoms with Gasteiger partial charge >= 0.3 is 0 Å². The fraction of sp³-hybridized carbons (Fsp3) is 0. The van der Waals surface area contributed by atoms with E-state index in [2.05, 4.69) is 4.99 Å². The lowest BCUT2D eigenvalue weighted by molar-refractivity contribution is 0.104. The van der Waals surface area contributed by atoms with Crippen LogP contribution in [0, 0.1) is 0 Å². The summed E-state index contributed by atoms with van der Waals surface area (Å²) in [5.41, 5.74) is 4.29. The van der Waals surface area contributed by atoms with Crippen LogP contribution in [-0.4, -0.2) is 12.0 Å². The molecule has 25 heavy (non-hydrogen) atoms. The zero-order chi connectivity index (χ0) is 17.6. The van der Waals surface area contributed by atoms with Gasteiger partial charge in [-0.3, -0.25) is 9.79 Å². The summed E-state index contributed by atoms with van der Waals surface area (Å²) in [4.78, 5) is 17.0. The Bertz CT molecular complexity index is 1060. The molecule has 0 aliphatic heterocycles. The van der Waals surface area contributed by atoms with Crippen molar-refractivity contribution in [3.63, 3.8) is 0 Å². The second-order valence-corrected chi connectivity index (χ2v) is 6.90. The molecule has 1 aliphatic carbocycles. The maximum absolute atomic E-state index is 12.6. The van der Waals surface area contributed by atoms with E-state index >= 15 is 0 Å². The molecule has 3 aromatic rings. The van der Waals surface area contributed by atoms with Crippen LogP contribution in [0.3, 0.4) is 0 Å². The van der Waals surface area contributed by atoms with E-state index in [-0.39, 0.29) is 5.78 Å². The van der Waals surface area contributed by atoms with Crippen molar-refractivity contribution in [2.45, 2.75) is 0 Å². The quantitative estimate of drug-likeness (QED) is 0.356. The van der Waals surface area contributed by atoms with Gasteiger partial charge in [-0.25, -0.2) is 0 Å². The molecule has 0 saturated heterocycles. The lowest BCUT2D eigenvalue weighted by Gasteiger charge is -2.04. The highest BCUT2D eigenvalue weighted by atomic mass is 35.5. The third-order valence-electron chi connectivity index (χ3n) is 4.10. The minimum atomic E-state index is -0.0109. The fourth-order valence-corrected chi connectivity index (χ4v) is 3.55. The molecule has 0 N–H and O–H groups in total. The Morgan fingerprint density at radius 1 is 0.760 bits per heavy atom. The summed E-state index contributed by atoms with van der Waals surface area (Å²) < 4.78 is 0.